The number of amides is 1. The van der Waals surface area contributed by atoms with Crippen LogP contribution in [0.5, 0.6) is 0 Å². The zero-order valence-electron chi connectivity index (χ0n) is 15.6. The first-order valence-electron chi connectivity index (χ1n) is 9.20. The molecule has 0 saturated heterocycles. The van der Waals surface area contributed by atoms with Crippen LogP contribution in [0.1, 0.15) is 25.3 Å². The molecule has 1 amide bonds. The molecule has 1 fully saturated rings. The fourth-order valence-corrected chi connectivity index (χ4v) is 4.10. The molecule has 1 unspecified atom stereocenters. The standard InChI is InChI=1S/C21H20ClN3O2S/c1-12-16(22)7-5-9-18(12)25-20(27)15-6-3-4-8-17(15)24-21(25)28-13(2)19(26)23-14-10-11-14/h3-9,13-14H,10-11H2,1-2H3,(H,23,26). The SMILES string of the molecule is Cc1c(Cl)cccc1-n1c(SC(C)C(=O)NC2CC2)nc2ccccc2c1=O. The van der Waals surface area contributed by atoms with Crippen LogP contribution in [0.4, 0.5) is 0 Å². The molecule has 7 heteroatoms. The van der Waals surface area contributed by atoms with E-state index < -0.39 is 0 Å². The number of rotatable bonds is 5. The first-order valence-corrected chi connectivity index (χ1v) is 10.5. The molecule has 1 atom stereocenters. The third-order valence-corrected chi connectivity index (χ3v) is 6.26. The first-order chi connectivity index (χ1) is 13.5. The second-order valence-corrected chi connectivity index (χ2v) is 8.69. The molecule has 4 rings (SSSR count). The van der Waals surface area contributed by atoms with E-state index in [0.717, 1.165) is 18.4 Å². The summed E-state index contributed by atoms with van der Waals surface area (Å²) < 4.78 is 1.56. The summed E-state index contributed by atoms with van der Waals surface area (Å²) in [4.78, 5) is 30.5. The molecule has 1 aromatic heterocycles. The molecule has 2 aromatic carbocycles. The van der Waals surface area contributed by atoms with E-state index in [-0.39, 0.29) is 22.8 Å². The first kappa shape index (κ1) is 19.0. The number of para-hydroxylation sites is 1. The number of aromatic nitrogens is 2. The van der Waals surface area contributed by atoms with Crippen molar-refractivity contribution in [3.05, 3.63) is 63.4 Å². The number of hydrogen-bond acceptors (Lipinski definition) is 4. The Balaban J connectivity index is 1.85. The summed E-state index contributed by atoms with van der Waals surface area (Å²) in [5.41, 5.74) is 1.90. The smallest absolute Gasteiger partial charge is 0.266 e. The minimum Gasteiger partial charge on any atom is -0.352 e. The molecule has 1 aliphatic carbocycles. The van der Waals surface area contributed by atoms with Crippen molar-refractivity contribution in [3.63, 3.8) is 0 Å². The molecule has 28 heavy (non-hydrogen) atoms. The molecule has 0 radical (unpaired) electrons. The van der Waals surface area contributed by atoms with E-state index in [1.54, 1.807) is 16.7 Å². The zero-order valence-corrected chi connectivity index (χ0v) is 17.2. The van der Waals surface area contributed by atoms with Gasteiger partial charge in [0.25, 0.3) is 5.56 Å². The molecular formula is C21H20ClN3O2S. The lowest BCUT2D eigenvalue weighted by atomic mass is 10.2. The van der Waals surface area contributed by atoms with Crippen LogP contribution in [0.3, 0.4) is 0 Å². The van der Waals surface area contributed by atoms with E-state index in [0.29, 0.717) is 26.8 Å². The second-order valence-electron chi connectivity index (χ2n) is 6.98. The fraction of sp³-hybridized carbons (Fsp3) is 0.286. The average molecular weight is 414 g/mol. The van der Waals surface area contributed by atoms with Crippen LogP contribution >= 0.6 is 23.4 Å². The predicted octanol–water partition coefficient (Wildman–Crippen LogP) is 4.11. The number of hydrogen-bond donors (Lipinski definition) is 1. The van der Waals surface area contributed by atoms with Gasteiger partial charge in [-0.2, -0.15) is 0 Å². The molecular weight excluding hydrogens is 394 g/mol. The van der Waals surface area contributed by atoms with Crippen molar-refractivity contribution in [2.24, 2.45) is 0 Å². The van der Waals surface area contributed by atoms with Gasteiger partial charge >= 0.3 is 0 Å². The molecule has 0 spiro atoms. The van der Waals surface area contributed by atoms with Crippen LogP contribution < -0.4 is 10.9 Å². The van der Waals surface area contributed by atoms with Gasteiger partial charge < -0.3 is 5.32 Å². The van der Waals surface area contributed by atoms with Crippen molar-refractivity contribution >= 4 is 40.2 Å². The highest BCUT2D eigenvalue weighted by Crippen LogP contribution is 2.29. The van der Waals surface area contributed by atoms with E-state index in [1.165, 1.54) is 11.8 Å². The molecule has 3 aromatic rings. The van der Waals surface area contributed by atoms with E-state index in [9.17, 15) is 9.59 Å². The Hall–Kier alpha value is -2.31. The number of halogens is 1. The van der Waals surface area contributed by atoms with Crippen LogP contribution in [-0.4, -0.2) is 26.8 Å². The van der Waals surface area contributed by atoms with Gasteiger partial charge in [0.2, 0.25) is 5.91 Å². The number of carbonyl (C=O) groups excluding carboxylic acids is 1. The van der Waals surface area contributed by atoms with Crippen molar-refractivity contribution in [2.75, 3.05) is 0 Å². The molecule has 1 heterocycles. The summed E-state index contributed by atoms with van der Waals surface area (Å²) in [5.74, 6) is -0.0377. The Labute approximate surface area is 172 Å². The molecule has 1 saturated carbocycles. The maximum Gasteiger partial charge on any atom is 0.266 e. The maximum absolute atomic E-state index is 13.3. The van der Waals surface area contributed by atoms with Gasteiger partial charge in [-0.3, -0.25) is 14.2 Å². The van der Waals surface area contributed by atoms with Crippen LogP contribution in [0, 0.1) is 6.92 Å². The summed E-state index contributed by atoms with van der Waals surface area (Å²) in [5, 5.41) is 4.22. The lowest BCUT2D eigenvalue weighted by molar-refractivity contribution is -0.120. The van der Waals surface area contributed by atoms with Crippen LogP contribution in [0.25, 0.3) is 16.6 Å². The number of thioether (sulfide) groups is 1. The molecule has 0 bridgehead atoms. The van der Waals surface area contributed by atoms with Crippen molar-refractivity contribution in [3.8, 4) is 5.69 Å². The zero-order chi connectivity index (χ0) is 19.8. The highest BCUT2D eigenvalue weighted by molar-refractivity contribution is 8.00. The summed E-state index contributed by atoms with van der Waals surface area (Å²) in [6.07, 6.45) is 2.06. The van der Waals surface area contributed by atoms with Crippen molar-refractivity contribution in [1.82, 2.24) is 14.9 Å². The van der Waals surface area contributed by atoms with Crippen molar-refractivity contribution in [1.29, 1.82) is 0 Å². The Morgan fingerprint density at radius 3 is 2.75 bits per heavy atom. The number of fused-ring (bicyclic) bond motifs is 1. The minimum absolute atomic E-state index is 0.0377. The third-order valence-electron chi connectivity index (χ3n) is 4.80. The van der Waals surface area contributed by atoms with Crippen LogP contribution in [0.2, 0.25) is 5.02 Å². The molecule has 5 nitrogen and oxygen atoms in total. The number of nitrogens with one attached hydrogen (secondary N) is 1. The summed E-state index contributed by atoms with van der Waals surface area (Å²) in [7, 11) is 0. The Bertz CT molecular complexity index is 1120. The normalized spacial score (nSPS) is 14.8. The average Bonchev–Trinajstić information content (AvgIpc) is 3.49. The highest BCUT2D eigenvalue weighted by Gasteiger charge is 2.27. The number of nitrogens with zero attached hydrogens (tertiary/aromatic N) is 2. The van der Waals surface area contributed by atoms with Crippen LogP contribution in [0.15, 0.2) is 52.4 Å². The number of benzene rings is 2. The van der Waals surface area contributed by atoms with Gasteiger partial charge in [-0.05, 0) is 56.5 Å². The molecule has 1 N–H and O–H groups in total. The Kier molecular flexibility index (Phi) is 5.17. The maximum atomic E-state index is 13.3. The quantitative estimate of drug-likeness (QED) is 0.505. The van der Waals surface area contributed by atoms with E-state index in [1.807, 2.05) is 44.2 Å². The lowest BCUT2D eigenvalue weighted by Crippen LogP contribution is -2.33. The van der Waals surface area contributed by atoms with Crippen LogP contribution in [-0.2, 0) is 4.79 Å². The van der Waals surface area contributed by atoms with Gasteiger partial charge in [-0.1, -0.05) is 41.6 Å². The number of carbonyl (C=O) groups is 1. The van der Waals surface area contributed by atoms with Gasteiger partial charge in [0, 0.05) is 11.1 Å². The largest absolute Gasteiger partial charge is 0.352 e. The van der Waals surface area contributed by atoms with Crippen molar-refractivity contribution in [2.45, 2.75) is 43.1 Å². The Morgan fingerprint density at radius 2 is 2.00 bits per heavy atom. The van der Waals surface area contributed by atoms with Gasteiger partial charge in [0.15, 0.2) is 5.16 Å². The van der Waals surface area contributed by atoms with E-state index in [2.05, 4.69) is 5.32 Å². The molecule has 144 valence electrons. The topological polar surface area (TPSA) is 64.0 Å². The van der Waals surface area contributed by atoms with E-state index in [4.69, 9.17) is 16.6 Å². The predicted molar refractivity (Wildman–Crippen MR) is 114 cm³/mol. The van der Waals surface area contributed by atoms with Gasteiger partial charge in [0.05, 0.1) is 21.8 Å². The second kappa shape index (κ2) is 7.60. The summed E-state index contributed by atoms with van der Waals surface area (Å²) >= 11 is 7.58. The fourth-order valence-electron chi connectivity index (χ4n) is 3.00. The van der Waals surface area contributed by atoms with Gasteiger partial charge in [-0.15, -0.1) is 0 Å². The highest BCUT2D eigenvalue weighted by atomic mass is 35.5. The van der Waals surface area contributed by atoms with E-state index >= 15 is 0 Å². The van der Waals surface area contributed by atoms with Crippen molar-refractivity contribution < 1.29 is 4.79 Å². The molecule has 0 aliphatic heterocycles. The van der Waals surface area contributed by atoms with Gasteiger partial charge in [0.1, 0.15) is 0 Å². The minimum atomic E-state index is -0.376. The van der Waals surface area contributed by atoms with Gasteiger partial charge in [-0.25, -0.2) is 4.98 Å². The third kappa shape index (κ3) is 3.66. The Morgan fingerprint density at radius 1 is 1.25 bits per heavy atom. The lowest BCUT2D eigenvalue weighted by Gasteiger charge is -2.18. The monoisotopic (exact) mass is 413 g/mol. The summed E-state index contributed by atoms with van der Waals surface area (Å²) in [6, 6.07) is 13.0. The molecule has 1 aliphatic rings. The summed E-state index contributed by atoms with van der Waals surface area (Å²) in [6.45, 7) is 3.70.